The Labute approximate surface area is 109 Å². The Hall–Kier alpha value is -0.580. The summed E-state index contributed by atoms with van der Waals surface area (Å²) in [6.07, 6.45) is 3.23. The van der Waals surface area contributed by atoms with E-state index >= 15 is 0 Å². The molecule has 18 heavy (non-hydrogen) atoms. The van der Waals surface area contributed by atoms with Crippen LogP contribution in [-0.2, 0) is 14.8 Å². The van der Waals surface area contributed by atoms with E-state index in [-0.39, 0.29) is 35.0 Å². The standard InChI is InChI=1S/C13H21NO3S/c1-4-11(15)14-10-7-9-5-6-13(10,12(9,2)3)8-18(14,16)17/h9-10H,4-8H2,1-3H3/t9-,10+,13+/m0/s1. The van der Waals surface area contributed by atoms with E-state index in [1.807, 2.05) is 0 Å². The van der Waals surface area contributed by atoms with Crippen LogP contribution in [-0.4, -0.2) is 30.4 Å². The van der Waals surface area contributed by atoms with Gasteiger partial charge in [-0.2, -0.15) is 0 Å². The topological polar surface area (TPSA) is 54.5 Å². The van der Waals surface area contributed by atoms with Crippen molar-refractivity contribution in [3.8, 4) is 0 Å². The molecule has 3 rings (SSSR count). The fraction of sp³-hybridized carbons (Fsp3) is 0.923. The van der Waals surface area contributed by atoms with Crippen LogP contribution in [0.1, 0.15) is 46.5 Å². The highest BCUT2D eigenvalue weighted by molar-refractivity contribution is 7.90. The molecule has 0 aromatic carbocycles. The van der Waals surface area contributed by atoms with Crippen LogP contribution < -0.4 is 0 Å². The second-order valence-electron chi connectivity index (χ2n) is 6.66. The van der Waals surface area contributed by atoms with Crippen LogP contribution >= 0.6 is 0 Å². The normalized spacial score (nSPS) is 43.2. The highest BCUT2D eigenvalue weighted by atomic mass is 32.2. The van der Waals surface area contributed by atoms with E-state index in [4.69, 9.17) is 0 Å². The predicted octanol–water partition coefficient (Wildman–Crippen LogP) is 1.76. The zero-order valence-electron chi connectivity index (χ0n) is 11.3. The average Bonchev–Trinajstić information content (AvgIpc) is 2.74. The summed E-state index contributed by atoms with van der Waals surface area (Å²) < 4.78 is 25.9. The molecule has 2 bridgehead atoms. The second-order valence-corrected chi connectivity index (χ2v) is 8.51. The fourth-order valence-corrected chi connectivity index (χ4v) is 7.39. The number of carbonyl (C=O) groups excluding carboxylic acids is 1. The van der Waals surface area contributed by atoms with Crippen LogP contribution in [0.5, 0.6) is 0 Å². The monoisotopic (exact) mass is 271 g/mol. The number of amides is 1. The first kappa shape index (κ1) is 12.5. The van der Waals surface area contributed by atoms with E-state index in [0.717, 1.165) is 19.3 Å². The first-order valence-corrected chi connectivity index (χ1v) is 8.42. The van der Waals surface area contributed by atoms with E-state index < -0.39 is 10.0 Å². The van der Waals surface area contributed by atoms with Gasteiger partial charge in [-0.25, -0.2) is 12.7 Å². The zero-order chi connectivity index (χ0) is 13.3. The lowest BCUT2D eigenvalue weighted by Gasteiger charge is -2.37. The van der Waals surface area contributed by atoms with Crippen LogP contribution in [0.2, 0.25) is 0 Å². The van der Waals surface area contributed by atoms with Crippen LogP contribution in [0.4, 0.5) is 0 Å². The average molecular weight is 271 g/mol. The third-order valence-electron chi connectivity index (χ3n) is 5.96. The maximum atomic E-state index is 12.4. The third kappa shape index (κ3) is 1.17. The van der Waals surface area contributed by atoms with Crippen molar-refractivity contribution in [3.05, 3.63) is 0 Å². The van der Waals surface area contributed by atoms with Gasteiger partial charge in [-0.15, -0.1) is 0 Å². The van der Waals surface area contributed by atoms with Gasteiger partial charge in [-0.3, -0.25) is 4.79 Å². The molecule has 1 spiro atoms. The summed E-state index contributed by atoms with van der Waals surface area (Å²) in [5.74, 6) is 0.533. The second kappa shape index (κ2) is 3.30. The van der Waals surface area contributed by atoms with Gasteiger partial charge in [0.25, 0.3) is 0 Å². The molecule has 2 aliphatic carbocycles. The summed E-state index contributed by atoms with van der Waals surface area (Å²) in [6, 6.07) is -0.0660. The molecule has 1 heterocycles. The highest BCUT2D eigenvalue weighted by Crippen LogP contribution is 2.69. The summed E-state index contributed by atoms with van der Waals surface area (Å²) in [6.45, 7) is 6.13. The summed E-state index contributed by atoms with van der Waals surface area (Å²) in [7, 11) is -3.39. The Bertz CT molecular complexity index is 510. The molecule has 1 amide bonds. The first-order chi connectivity index (χ1) is 8.26. The minimum Gasteiger partial charge on any atom is -0.274 e. The number of hydrogen-bond acceptors (Lipinski definition) is 3. The fourth-order valence-electron chi connectivity index (χ4n) is 4.77. The van der Waals surface area contributed by atoms with Crippen molar-refractivity contribution in [1.82, 2.24) is 4.31 Å². The molecule has 0 aromatic heterocycles. The van der Waals surface area contributed by atoms with Crippen LogP contribution in [0.25, 0.3) is 0 Å². The van der Waals surface area contributed by atoms with Gasteiger partial charge < -0.3 is 0 Å². The third-order valence-corrected chi connectivity index (χ3v) is 7.90. The van der Waals surface area contributed by atoms with E-state index in [9.17, 15) is 13.2 Å². The van der Waals surface area contributed by atoms with Crippen molar-refractivity contribution in [2.75, 3.05) is 5.75 Å². The number of nitrogens with zero attached hydrogens (tertiary/aromatic N) is 1. The largest absolute Gasteiger partial charge is 0.274 e. The zero-order valence-corrected chi connectivity index (χ0v) is 12.1. The number of sulfonamides is 1. The molecule has 0 unspecified atom stereocenters. The number of carbonyl (C=O) groups is 1. The summed E-state index contributed by atoms with van der Waals surface area (Å²) in [4.78, 5) is 12.0. The van der Waals surface area contributed by atoms with Crippen LogP contribution in [0.15, 0.2) is 0 Å². The van der Waals surface area contributed by atoms with E-state index in [1.165, 1.54) is 4.31 Å². The summed E-state index contributed by atoms with van der Waals surface area (Å²) in [5, 5.41) is 0. The van der Waals surface area contributed by atoms with Crippen molar-refractivity contribution < 1.29 is 13.2 Å². The molecule has 1 aliphatic heterocycles. The SMILES string of the molecule is CCC(=O)N1[C@@H]2C[C@@H]3CC[C@]2(CS1(=O)=O)C3(C)C. The minimum absolute atomic E-state index is 0.0491. The minimum atomic E-state index is -3.39. The summed E-state index contributed by atoms with van der Waals surface area (Å²) in [5.41, 5.74) is -0.130. The van der Waals surface area contributed by atoms with Gasteiger partial charge in [-0.1, -0.05) is 20.8 Å². The molecular weight excluding hydrogens is 250 g/mol. The number of hydrogen-bond donors (Lipinski definition) is 0. The van der Waals surface area contributed by atoms with Gasteiger partial charge in [0.1, 0.15) is 0 Å². The van der Waals surface area contributed by atoms with E-state index in [1.54, 1.807) is 6.92 Å². The summed E-state index contributed by atoms with van der Waals surface area (Å²) >= 11 is 0. The Balaban J connectivity index is 2.11. The lowest BCUT2D eigenvalue weighted by Crippen LogP contribution is -2.43. The van der Waals surface area contributed by atoms with Crippen LogP contribution in [0, 0.1) is 16.7 Å². The Morgan fingerprint density at radius 1 is 1.39 bits per heavy atom. The molecule has 3 atom stereocenters. The number of fused-ring (bicyclic) bond motifs is 1. The predicted molar refractivity (Wildman–Crippen MR) is 68.3 cm³/mol. The van der Waals surface area contributed by atoms with Gasteiger partial charge in [0, 0.05) is 11.8 Å². The molecule has 3 fully saturated rings. The lowest BCUT2D eigenvalue weighted by atomic mass is 9.69. The molecule has 0 N–H and O–H groups in total. The Morgan fingerprint density at radius 2 is 2.06 bits per heavy atom. The maximum absolute atomic E-state index is 12.4. The molecule has 3 aliphatic rings. The first-order valence-electron chi connectivity index (χ1n) is 6.81. The Kier molecular flexibility index (Phi) is 2.28. The molecule has 5 heteroatoms. The van der Waals surface area contributed by atoms with Crippen molar-refractivity contribution >= 4 is 15.9 Å². The Morgan fingerprint density at radius 3 is 2.61 bits per heavy atom. The molecule has 102 valence electrons. The highest BCUT2D eigenvalue weighted by Gasteiger charge is 2.72. The van der Waals surface area contributed by atoms with Gasteiger partial charge >= 0.3 is 0 Å². The van der Waals surface area contributed by atoms with Crippen molar-refractivity contribution in [2.45, 2.75) is 52.5 Å². The number of rotatable bonds is 1. The van der Waals surface area contributed by atoms with Gasteiger partial charge in [0.2, 0.25) is 15.9 Å². The molecule has 1 saturated heterocycles. The smallest absolute Gasteiger partial charge is 0.238 e. The molecule has 0 radical (unpaired) electrons. The molecule has 0 aromatic rings. The van der Waals surface area contributed by atoms with Crippen molar-refractivity contribution in [2.24, 2.45) is 16.7 Å². The van der Waals surface area contributed by atoms with Gasteiger partial charge in [0.15, 0.2) is 0 Å². The molecule has 2 saturated carbocycles. The van der Waals surface area contributed by atoms with E-state index in [2.05, 4.69) is 13.8 Å². The quantitative estimate of drug-likeness (QED) is 0.730. The van der Waals surface area contributed by atoms with E-state index in [0.29, 0.717) is 5.92 Å². The van der Waals surface area contributed by atoms with Gasteiger partial charge in [0.05, 0.1) is 11.8 Å². The van der Waals surface area contributed by atoms with Crippen LogP contribution in [0.3, 0.4) is 0 Å². The van der Waals surface area contributed by atoms with Gasteiger partial charge in [-0.05, 0) is 30.6 Å². The molecule has 4 nitrogen and oxygen atoms in total. The lowest BCUT2D eigenvalue weighted by molar-refractivity contribution is -0.128. The van der Waals surface area contributed by atoms with Crippen molar-refractivity contribution in [3.63, 3.8) is 0 Å². The maximum Gasteiger partial charge on any atom is 0.238 e. The molecular formula is C13H21NO3S. The van der Waals surface area contributed by atoms with Crippen molar-refractivity contribution in [1.29, 1.82) is 0 Å².